The van der Waals surface area contributed by atoms with Crippen LogP contribution < -0.4 is 0 Å². The Morgan fingerprint density at radius 2 is 2.20 bits per heavy atom. The SMILES string of the molecule is CC(=O)c1nc(C)ccc1-c1nccs1. The van der Waals surface area contributed by atoms with Crippen molar-refractivity contribution in [3.05, 3.63) is 35.1 Å². The highest BCUT2D eigenvalue weighted by molar-refractivity contribution is 7.13. The zero-order valence-electron chi connectivity index (χ0n) is 8.52. The van der Waals surface area contributed by atoms with Crippen LogP contribution in [0.1, 0.15) is 23.1 Å². The molecule has 0 spiro atoms. The summed E-state index contributed by atoms with van der Waals surface area (Å²) >= 11 is 1.51. The van der Waals surface area contributed by atoms with Gasteiger partial charge in [0.1, 0.15) is 10.7 Å². The van der Waals surface area contributed by atoms with Gasteiger partial charge in [0, 0.05) is 29.8 Å². The van der Waals surface area contributed by atoms with E-state index in [2.05, 4.69) is 9.97 Å². The lowest BCUT2D eigenvalue weighted by molar-refractivity contribution is 0.101. The van der Waals surface area contributed by atoms with Crippen LogP contribution in [0.2, 0.25) is 0 Å². The molecule has 0 unspecified atom stereocenters. The molecule has 0 radical (unpaired) electrons. The van der Waals surface area contributed by atoms with Gasteiger partial charge in [-0.25, -0.2) is 9.97 Å². The van der Waals surface area contributed by atoms with E-state index in [-0.39, 0.29) is 5.78 Å². The van der Waals surface area contributed by atoms with Gasteiger partial charge in [-0.15, -0.1) is 11.3 Å². The lowest BCUT2D eigenvalue weighted by atomic mass is 10.1. The summed E-state index contributed by atoms with van der Waals surface area (Å²) in [5, 5.41) is 2.73. The Morgan fingerprint density at radius 1 is 1.40 bits per heavy atom. The molecule has 2 aromatic rings. The van der Waals surface area contributed by atoms with Gasteiger partial charge in [-0.3, -0.25) is 4.79 Å². The molecule has 0 saturated carbocycles. The number of rotatable bonds is 2. The molecular formula is C11H10N2OS. The standard InChI is InChI=1S/C11H10N2OS/c1-7-3-4-9(10(13-7)8(2)14)11-12-5-6-15-11/h3-6H,1-2H3. The maximum atomic E-state index is 11.4. The van der Waals surface area contributed by atoms with Gasteiger partial charge in [0.25, 0.3) is 0 Å². The Bertz CT molecular complexity index is 491. The molecule has 0 aliphatic rings. The van der Waals surface area contributed by atoms with Crippen LogP contribution in [0.5, 0.6) is 0 Å². The fourth-order valence-corrected chi connectivity index (χ4v) is 2.02. The molecule has 2 rings (SSSR count). The number of nitrogens with zero attached hydrogens (tertiary/aromatic N) is 2. The third-order valence-electron chi connectivity index (χ3n) is 2.03. The van der Waals surface area contributed by atoms with E-state index in [1.807, 2.05) is 24.4 Å². The molecule has 0 aromatic carbocycles. The number of Topliss-reactive ketones (excluding diaryl/α,β-unsaturated/α-hetero) is 1. The first kappa shape index (κ1) is 9.98. The van der Waals surface area contributed by atoms with Crippen LogP contribution in [0.15, 0.2) is 23.7 Å². The third-order valence-corrected chi connectivity index (χ3v) is 2.84. The van der Waals surface area contributed by atoms with E-state index in [0.717, 1.165) is 16.3 Å². The molecule has 4 heteroatoms. The van der Waals surface area contributed by atoms with Gasteiger partial charge in [0.15, 0.2) is 5.78 Å². The summed E-state index contributed by atoms with van der Waals surface area (Å²) in [6.07, 6.45) is 1.73. The Kier molecular flexibility index (Phi) is 2.60. The lowest BCUT2D eigenvalue weighted by Gasteiger charge is -2.03. The van der Waals surface area contributed by atoms with Gasteiger partial charge < -0.3 is 0 Å². The van der Waals surface area contributed by atoms with Crippen molar-refractivity contribution in [2.75, 3.05) is 0 Å². The highest BCUT2D eigenvalue weighted by Crippen LogP contribution is 2.24. The van der Waals surface area contributed by atoms with Crippen LogP contribution in [-0.2, 0) is 0 Å². The van der Waals surface area contributed by atoms with Crippen LogP contribution in [0, 0.1) is 6.92 Å². The van der Waals surface area contributed by atoms with Gasteiger partial charge in [-0.05, 0) is 19.1 Å². The minimum Gasteiger partial charge on any atom is -0.293 e. The number of carbonyl (C=O) groups is 1. The average molecular weight is 218 g/mol. The van der Waals surface area contributed by atoms with E-state index < -0.39 is 0 Å². The largest absolute Gasteiger partial charge is 0.293 e. The van der Waals surface area contributed by atoms with Crippen LogP contribution in [0.3, 0.4) is 0 Å². The van der Waals surface area contributed by atoms with Crippen LogP contribution >= 0.6 is 11.3 Å². The quantitative estimate of drug-likeness (QED) is 0.728. The summed E-state index contributed by atoms with van der Waals surface area (Å²) in [6, 6.07) is 3.79. The number of aromatic nitrogens is 2. The van der Waals surface area contributed by atoms with Gasteiger partial charge in [0.2, 0.25) is 0 Å². The monoisotopic (exact) mass is 218 g/mol. The summed E-state index contributed by atoms with van der Waals surface area (Å²) in [5.41, 5.74) is 2.17. The van der Waals surface area contributed by atoms with Crippen molar-refractivity contribution in [2.24, 2.45) is 0 Å². The molecule has 76 valence electrons. The minimum absolute atomic E-state index is 0.0242. The third kappa shape index (κ3) is 1.94. The Labute approximate surface area is 91.8 Å². The van der Waals surface area contributed by atoms with Crippen LogP contribution in [0.25, 0.3) is 10.6 Å². The van der Waals surface area contributed by atoms with Gasteiger partial charge >= 0.3 is 0 Å². The Balaban J connectivity index is 2.61. The van der Waals surface area contributed by atoms with Crippen molar-refractivity contribution in [3.63, 3.8) is 0 Å². The second-order valence-corrected chi connectivity index (χ2v) is 4.14. The second kappa shape index (κ2) is 3.90. The molecule has 0 fully saturated rings. The highest BCUT2D eigenvalue weighted by Gasteiger charge is 2.12. The van der Waals surface area contributed by atoms with Crippen molar-refractivity contribution in [2.45, 2.75) is 13.8 Å². The zero-order chi connectivity index (χ0) is 10.8. The average Bonchev–Trinajstić information content (AvgIpc) is 2.70. The maximum Gasteiger partial charge on any atom is 0.178 e. The first-order valence-electron chi connectivity index (χ1n) is 4.57. The predicted octanol–water partition coefficient (Wildman–Crippen LogP) is 2.72. The van der Waals surface area contributed by atoms with E-state index in [4.69, 9.17) is 0 Å². The molecule has 0 saturated heterocycles. The van der Waals surface area contributed by atoms with Gasteiger partial charge in [0.05, 0.1) is 0 Å². The number of hydrogen-bond acceptors (Lipinski definition) is 4. The topological polar surface area (TPSA) is 42.9 Å². The van der Waals surface area contributed by atoms with E-state index in [1.165, 1.54) is 18.3 Å². The number of ketones is 1. The second-order valence-electron chi connectivity index (χ2n) is 3.24. The maximum absolute atomic E-state index is 11.4. The number of thiazole rings is 1. The summed E-state index contributed by atoms with van der Waals surface area (Å²) in [5.74, 6) is -0.0242. The first-order chi connectivity index (χ1) is 7.18. The van der Waals surface area contributed by atoms with Crippen LogP contribution in [-0.4, -0.2) is 15.8 Å². The van der Waals surface area contributed by atoms with Crippen molar-refractivity contribution >= 4 is 17.1 Å². The summed E-state index contributed by atoms with van der Waals surface area (Å²) in [7, 11) is 0. The van der Waals surface area contributed by atoms with Crippen molar-refractivity contribution in [1.82, 2.24) is 9.97 Å². The van der Waals surface area contributed by atoms with Gasteiger partial charge in [-0.2, -0.15) is 0 Å². The molecule has 0 aliphatic carbocycles. The van der Waals surface area contributed by atoms with Gasteiger partial charge in [-0.1, -0.05) is 0 Å². The molecule has 0 bridgehead atoms. The van der Waals surface area contributed by atoms with Crippen molar-refractivity contribution in [3.8, 4) is 10.6 Å². The lowest BCUT2D eigenvalue weighted by Crippen LogP contribution is -2.01. The molecule has 0 amide bonds. The summed E-state index contributed by atoms with van der Waals surface area (Å²) in [4.78, 5) is 19.9. The number of carbonyl (C=O) groups excluding carboxylic acids is 1. The number of pyridine rings is 1. The fraction of sp³-hybridized carbons (Fsp3) is 0.182. The molecule has 0 atom stereocenters. The molecular weight excluding hydrogens is 208 g/mol. The highest BCUT2D eigenvalue weighted by atomic mass is 32.1. The van der Waals surface area contributed by atoms with E-state index in [0.29, 0.717) is 5.69 Å². The first-order valence-corrected chi connectivity index (χ1v) is 5.45. The molecule has 2 aromatic heterocycles. The predicted molar refractivity (Wildman–Crippen MR) is 60.1 cm³/mol. The molecule has 0 aliphatic heterocycles. The van der Waals surface area contributed by atoms with E-state index in [9.17, 15) is 4.79 Å². The Morgan fingerprint density at radius 3 is 2.80 bits per heavy atom. The number of aryl methyl sites for hydroxylation is 1. The normalized spacial score (nSPS) is 10.3. The van der Waals surface area contributed by atoms with Crippen LogP contribution in [0.4, 0.5) is 0 Å². The number of hydrogen-bond donors (Lipinski definition) is 0. The van der Waals surface area contributed by atoms with E-state index in [1.54, 1.807) is 6.20 Å². The Hall–Kier alpha value is -1.55. The zero-order valence-corrected chi connectivity index (χ0v) is 9.34. The summed E-state index contributed by atoms with van der Waals surface area (Å²) < 4.78 is 0. The fourth-order valence-electron chi connectivity index (χ4n) is 1.35. The van der Waals surface area contributed by atoms with Crippen molar-refractivity contribution in [1.29, 1.82) is 0 Å². The minimum atomic E-state index is -0.0242. The molecule has 2 heterocycles. The van der Waals surface area contributed by atoms with E-state index >= 15 is 0 Å². The summed E-state index contributed by atoms with van der Waals surface area (Å²) in [6.45, 7) is 3.40. The van der Waals surface area contributed by atoms with Crippen molar-refractivity contribution < 1.29 is 4.79 Å². The molecule has 0 N–H and O–H groups in total. The molecule has 3 nitrogen and oxygen atoms in total. The molecule has 15 heavy (non-hydrogen) atoms. The smallest absolute Gasteiger partial charge is 0.178 e.